The summed E-state index contributed by atoms with van der Waals surface area (Å²) in [6.07, 6.45) is 0. The lowest BCUT2D eigenvalue weighted by Gasteiger charge is -2.25. The Morgan fingerprint density at radius 1 is 1.47 bits per heavy atom. The Balaban J connectivity index is 2.30. The number of hydrogen-bond donors (Lipinski definition) is 1. The summed E-state index contributed by atoms with van der Waals surface area (Å²) in [4.78, 5) is 2.46. The van der Waals surface area contributed by atoms with E-state index >= 15 is 0 Å². The van der Waals surface area contributed by atoms with Crippen molar-refractivity contribution in [2.75, 3.05) is 20.2 Å². The van der Waals surface area contributed by atoms with Gasteiger partial charge in [0.2, 0.25) is 0 Å². The van der Waals surface area contributed by atoms with E-state index in [0.717, 1.165) is 18.8 Å². The third-order valence-corrected chi connectivity index (χ3v) is 3.37. The van der Waals surface area contributed by atoms with Crippen LogP contribution in [-0.2, 0) is 6.54 Å². The molecule has 17 heavy (non-hydrogen) atoms. The zero-order valence-corrected chi connectivity index (χ0v) is 10.9. The highest BCUT2D eigenvalue weighted by Gasteiger charge is 2.31. The first kappa shape index (κ1) is 12.4. The van der Waals surface area contributed by atoms with Crippen LogP contribution in [0.1, 0.15) is 31.0 Å². The smallest absolute Gasteiger partial charge is 0.123 e. The Morgan fingerprint density at radius 2 is 2.24 bits per heavy atom. The molecule has 2 N–H and O–H groups in total. The van der Waals surface area contributed by atoms with Crippen LogP contribution in [0.5, 0.6) is 5.75 Å². The fourth-order valence-electron chi connectivity index (χ4n) is 2.70. The molecule has 3 heteroatoms. The summed E-state index contributed by atoms with van der Waals surface area (Å²) in [6, 6.07) is 6.61. The molecule has 2 rings (SSSR count). The van der Waals surface area contributed by atoms with Crippen LogP contribution in [0.3, 0.4) is 0 Å². The second kappa shape index (κ2) is 5.07. The highest BCUT2D eigenvalue weighted by Crippen LogP contribution is 2.38. The van der Waals surface area contributed by atoms with Crippen LogP contribution in [0.4, 0.5) is 0 Å². The molecule has 1 aromatic carbocycles. The second-order valence-corrected chi connectivity index (χ2v) is 5.10. The van der Waals surface area contributed by atoms with Crippen molar-refractivity contribution in [1.82, 2.24) is 4.90 Å². The van der Waals surface area contributed by atoms with Crippen LogP contribution in [0.2, 0.25) is 0 Å². The van der Waals surface area contributed by atoms with Crippen molar-refractivity contribution >= 4 is 0 Å². The summed E-state index contributed by atoms with van der Waals surface area (Å²) in [7, 11) is 1.73. The summed E-state index contributed by atoms with van der Waals surface area (Å²) in [6.45, 7) is 7.20. The summed E-state index contributed by atoms with van der Waals surface area (Å²) in [5, 5.41) is 0. The van der Waals surface area contributed by atoms with Gasteiger partial charge >= 0.3 is 0 Å². The van der Waals surface area contributed by atoms with E-state index in [1.807, 2.05) is 6.07 Å². The van der Waals surface area contributed by atoms with E-state index in [-0.39, 0.29) is 0 Å². The molecule has 1 atom stereocenters. The van der Waals surface area contributed by atoms with Gasteiger partial charge in [0.25, 0.3) is 0 Å². The molecule has 0 spiro atoms. The van der Waals surface area contributed by atoms with E-state index in [0.29, 0.717) is 18.5 Å². The van der Waals surface area contributed by atoms with Gasteiger partial charge in [0.1, 0.15) is 5.75 Å². The van der Waals surface area contributed by atoms with Gasteiger partial charge in [0.05, 0.1) is 7.11 Å². The van der Waals surface area contributed by atoms with Crippen molar-refractivity contribution < 1.29 is 4.74 Å². The van der Waals surface area contributed by atoms with Crippen LogP contribution in [-0.4, -0.2) is 25.1 Å². The quantitative estimate of drug-likeness (QED) is 0.867. The normalized spacial score (nSPS) is 19.7. The van der Waals surface area contributed by atoms with Crippen LogP contribution in [0.15, 0.2) is 18.2 Å². The SMILES string of the molecule is COc1cccc2c1CN(CC(C)C)C2CN. The third-order valence-electron chi connectivity index (χ3n) is 3.37. The first-order valence-corrected chi connectivity index (χ1v) is 6.27. The Morgan fingerprint density at radius 3 is 2.82 bits per heavy atom. The summed E-state index contributed by atoms with van der Waals surface area (Å²) in [5.74, 6) is 1.65. The van der Waals surface area contributed by atoms with Crippen LogP contribution < -0.4 is 10.5 Å². The predicted molar refractivity (Wildman–Crippen MR) is 70.0 cm³/mol. The lowest BCUT2D eigenvalue weighted by atomic mass is 10.0. The molecule has 1 unspecified atom stereocenters. The highest BCUT2D eigenvalue weighted by molar-refractivity contribution is 5.44. The Hall–Kier alpha value is -1.06. The van der Waals surface area contributed by atoms with Gasteiger partial charge in [-0.15, -0.1) is 0 Å². The van der Waals surface area contributed by atoms with Crippen molar-refractivity contribution in [3.63, 3.8) is 0 Å². The molecular weight excluding hydrogens is 212 g/mol. The number of ether oxygens (including phenoxy) is 1. The number of nitrogens with zero attached hydrogens (tertiary/aromatic N) is 1. The topological polar surface area (TPSA) is 38.5 Å². The summed E-state index contributed by atoms with van der Waals surface area (Å²) in [5.41, 5.74) is 8.58. The van der Waals surface area contributed by atoms with Crippen molar-refractivity contribution in [2.24, 2.45) is 11.7 Å². The summed E-state index contributed by atoms with van der Waals surface area (Å²) < 4.78 is 5.44. The standard InChI is InChI=1S/C14H22N2O/c1-10(2)8-16-9-12-11(13(16)7-15)5-4-6-14(12)17-3/h4-6,10,13H,7-9,15H2,1-3H3. The molecule has 0 saturated carbocycles. The third kappa shape index (κ3) is 2.31. The van der Waals surface area contributed by atoms with E-state index < -0.39 is 0 Å². The van der Waals surface area contributed by atoms with Crippen LogP contribution >= 0.6 is 0 Å². The molecule has 1 heterocycles. The molecule has 0 aliphatic carbocycles. The molecule has 1 aromatic rings. The number of methoxy groups -OCH3 is 1. The molecule has 0 radical (unpaired) electrons. The maximum atomic E-state index is 5.92. The molecule has 0 bridgehead atoms. The molecule has 1 aliphatic heterocycles. The maximum absolute atomic E-state index is 5.92. The molecule has 0 fully saturated rings. The average molecular weight is 234 g/mol. The number of nitrogens with two attached hydrogens (primary N) is 1. The van der Waals surface area contributed by atoms with Gasteiger partial charge in [-0.2, -0.15) is 0 Å². The predicted octanol–water partition coefficient (Wildman–Crippen LogP) is 2.17. The van der Waals surface area contributed by atoms with E-state index in [1.165, 1.54) is 11.1 Å². The summed E-state index contributed by atoms with van der Waals surface area (Å²) >= 11 is 0. The fourth-order valence-corrected chi connectivity index (χ4v) is 2.70. The van der Waals surface area contributed by atoms with E-state index in [4.69, 9.17) is 10.5 Å². The Kier molecular flexibility index (Phi) is 3.69. The molecule has 0 saturated heterocycles. The van der Waals surface area contributed by atoms with E-state index in [1.54, 1.807) is 7.11 Å². The number of hydrogen-bond acceptors (Lipinski definition) is 3. The van der Waals surface area contributed by atoms with Crippen molar-refractivity contribution in [3.8, 4) is 5.75 Å². The molecule has 94 valence electrons. The zero-order chi connectivity index (χ0) is 12.4. The lowest BCUT2D eigenvalue weighted by molar-refractivity contribution is 0.195. The molecule has 3 nitrogen and oxygen atoms in total. The van der Waals surface area contributed by atoms with Gasteiger partial charge < -0.3 is 10.5 Å². The van der Waals surface area contributed by atoms with Gasteiger partial charge in [0.15, 0.2) is 0 Å². The lowest BCUT2D eigenvalue weighted by Crippen LogP contribution is -2.30. The first-order valence-electron chi connectivity index (χ1n) is 6.27. The molecule has 0 aromatic heterocycles. The minimum Gasteiger partial charge on any atom is -0.496 e. The van der Waals surface area contributed by atoms with Gasteiger partial charge in [-0.25, -0.2) is 0 Å². The van der Waals surface area contributed by atoms with Gasteiger partial charge in [-0.3, -0.25) is 4.90 Å². The van der Waals surface area contributed by atoms with Gasteiger partial charge in [-0.1, -0.05) is 26.0 Å². The number of rotatable bonds is 4. The zero-order valence-electron chi connectivity index (χ0n) is 10.9. The average Bonchev–Trinajstić information content (AvgIpc) is 2.64. The number of benzene rings is 1. The van der Waals surface area contributed by atoms with E-state index in [9.17, 15) is 0 Å². The number of fused-ring (bicyclic) bond motifs is 1. The Bertz CT molecular complexity index is 390. The largest absolute Gasteiger partial charge is 0.496 e. The van der Waals surface area contributed by atoms with Crippen molar-refractivity contribution in [2.45, 2.75) is 26.4 Å². The van der Waals surface area contributed by atoms with Crippen LogP contribution in [0, 0.1) is 5.92 Å². The minimum atomic E-state index is 0.350. The fraction of sp³-hybridized carbons (Fsp3) is 0.571. The van der Waals surface area contributed by atoms with E-state index in [2.05, 4.69) is 30.9 Å². The van der Waals surface area contributed by atoms with Crippen LogP contribution in [0.25, 0.3) is 0 Å². The van der Waals surface area contributed by atoms with Gasteiger partial charge in [-0.05, 0) is 17.5 Å². The Labute approximate surface area is 104 Å². The molecule has 0 amide bonds. The minimum absolute atomic E-state index is 0.350. The van der Waals surface area contributed by atoms with Crippen molar-refractivity contribution in [1.29, 1.82) is 0 Å². The van der Waals surface area contributed by atoms with Crippen molar-refractivity contribution in [3.05, 3.63) is 29.3 Å². The molecule has 1 aliphatic rings. The maximum Gasteiger partial charge on any atom is 0.123 e. The second-order valence-electron chi connectivity index (χ2n) is 5.10. The monoisotopic (exact) mass is 234 g/mol. The van der Waals surface area contributed by atoms with Gasteiger partial charge in [0, 0.05) is 31.2 Å². The highest BCUT2D eigenvalue weighted by atomic mass is 16.5. The molecular formula is C14H22N2O. The first-order chi connectivity index (χ1) is 8.17.